The molecule has 0 unspecified atom stereocenters. The Balaban J connectivity index is 1.84. The summed E-state index contributed by atoms with van der Waals surface area (Å²) in [6.07, 6.45) is 6.20. The van der Waals surface area contributed by atoms with E-state index in [2.05, 4.69) is 75.3 Å². The van der Waals surface area contributed by atoms with Gasteiger partial charge in [0.15, 0.2) is 0 Å². The Kier molecular flexibility index (Phi) is 6.24. The molecule has 0 radical (unpaired) electrons. The first-order chi connectivity index (χ1) is 15.2. The molecule has 0 N–H and O–H groups in total. The van der Waals surface area contributed by atoms with E-state index in [-0.39, 0.29) is 17.4 Å². The minimum Gasteiger partial charge on any atom is -0.413 e. The number of ether oxygens (including phenoxy) is 1. The summed E-state index contributed by atoms with van der Waals surface area (Å²) in [7, 11) is -0.210. The number of fused-ring (bicyclic) bond motifs is 3. The van der Waals surface area contributed by atoms with Crippen LogP contribution in [0, 0.1) is 34.5 Å². The predicted molar refractivity (Wildman–Crippen MR) is 139 cm³/mol. The van der Waals surface area contributed by atoms with Gasteiger partial charge in [-0.25, -0.2) is 0 Å². The predicted octanol–water partition coefficient (Wildman–Crippen LogP) is 7.56. The van der Waals surface area contributed by atoms with Crippen molar-refractivity contribution < 1.29 is 14.0 Å². The third kappa shape index (κ3) is 3.29. The maximum Gasteiger partial charge on any atom is 0.200 e. The number of hydrogen-bond acceptors (Lipinski definition) is 3. The van der Waals surface area contributed by atoms with E-state index in [9.17, 15) is 4.79 Å². The molecule has 1 spiro atoms. The molecule has 0 aromatic carbocycles. The van der Waals surface area contributed by atoms with E-state index in [0.717, 1.165) is 25.7 Å². The van der Waals surface area contributed by atoms with Crippen LogP contribution in [0.5, 0.6) is 0 Å². The molecule has 3 nitrogen and oxygen atoms in total. The highest BCUT2D eigenvalue weighted by atomic mass is 28.4. The number of rotatable bonds is 6. The van der Waals surface area contributed by atoms with Gasteiger partial charge in [-0.3, -0.25) is 4.79 Å². The topological polar surface area (TPSA) is 35.5 Å². The van der Waals surface area contributed by atoms with Gasteiger partial charge in [0.05, 0.1) is 11.0 Å². The summed E-state index contributed by atoms with van der Waals surface area (Å²) < 4.78 is 14.0. The van der Waals surface area contributed by atoms with Gasteiger partial charge in [-0.1, -0.05) is 74.0 Å². The Labute approximate surface area is 204 Å². The number of ketones is 1. The van der Waals surface area contributed by atoms with Crippen molar-refractivity contribution in [3.05, 3.63) is 11.6 Å². The van der Waals surface area contributed by atoms with Gasteiger partial charge in [0.1, 0.15) is 5.78 Å². The third-order valence-electron chi connectivity index (χ3n) is 11.0. The second-order valence-electron chi connectivity index (χ2n) is 13.8. The van der Waals surface area contributed by atoms with E-state index >= 15 is 0 Å². The van der Waals surface area contributed by atoms with Gasteiger partial charge in [0, 0.05) is 25.6 Å². The van der Waals surface area contributed by atoms with E-state index < -0.39 is 19.3 Å². The molecule has 7 atom stereocenters. The van der Waals surface area contributed by atoms with Gasteiger partial charge >= 0.3 is 0 Å². The summed E-state index contributed by atoms with van der Waals surface area (Å²) >= 11 is 0. The molecule has 0 saturated heterocycles. The normalized spacial score (nSPS) is 42.2. The van der Waals surface area contributed by atoms with Crippen LogP contribution in [0.1, 0.15) is 94.9 Å². The van der Waals surface area contributed by atoms with Crippen LogP contribution >= 0.6 is 0 Å². The summed E-state index contributed by atoms with van der Waals surface area (Å²) in [4.78, 5) is 14.6. The first-order valence-electron chi connectivity index (χ1n) is 13.7. The SMILES string of the molecule is CO[C@@]12CC(C)=C[C@]13C(=O)[C@@H](C[C@H](O[Si](C(C)C)(C(C)C)C(C)C)C2)[C@H]1[C@@H](C[C@H]3C)C1(C)C. The average molecular weight is 475 g/mol. The van der Waals surface area contributed by atoms with Crippen LogP contribution in [0.3, 0.4) is 0 Å². The molecule has 3 fully saturated rings. The Morgan fingerprint density at radius 3 is 2.12 bits per heavy atom. The van der Waals surface area contributed by atoms with Crippen molar-refractivity contribution in [1.82, 2.24) is 0 Å². The van der Waals surface area contributed by atoms with E-state index in [1.807, 2.05) is 7.11 Å². The van der Waals surface area contributed by atoms with Crippen LogP contribution in [0.4, 0.5) is 0 Å². The van der Waals surface area contributed by atoms with E-state index in [0.29, 0.717) is 40.2 Å². The highest BCUT2D eigenvalue weighted by Gasteiger charge is 2.73. The summed E-state index contributed by atoms with van der Waals surface area (Å²) in [5.74, 6) is 2.02. The smallest absolute Gasteiger partial charge is 0.200 e. The highest BCUT2D eigenvalue weighted by Crippen LogP contribution is 2.72. The van der Waals surface area contributed by atoms with E-state index in [1.165, 1.54) is 5.57 Å². The first kappa shape index (κ1) is 25.6. The lowest BCUT2D eigenvalue weighted by molar-refractivity contribution is -0.156. The van der Waals surface area contributed by atoms with E-state index in [4.69, 9.17) is 9.16 Å². The summed E-state index contributed by atoms with van der Waals surface area (Å²) in [5, 5.41) is 0. The zero-order valence-corrected chi connectivity index (χ0v) is 24.2. The molecule has 2 bridgehead atoms. The van der Waals surface area contributed by atoms with Crippen molar-refractivity contribution in [1.29, 1.82) is 0 Å². The summed E-state index contributed by atoms with van der Waals surface area (Å²) in [5.41, 5.74) is 2.26. The maximum absolute atomic E-state index is 14.6. The molecule has 4 aliphatic rings. The zero-order chi connectivity index (χ0) is 24.7. The average Bonchev–Trinajstić information content (AvgIpc) is 3.14. The van der Waals surface area contributed by atoms with Crippen molar-refractivity contribution in [2.24, 2.45) is 34.5 Å². The molecule has 4 rings (SSSR count). The van der Waals surface area contributed by atoms with Crippen molar-refractivity contribution in [3.8, 4) is 0 Å². The lowest BCUT2D eigenvalue weighted by atomic mass is 9.60. The largest absolute Gasteiger partial charge is 0.413 e. The minimum atomic E-state index is -2.07. The van der Waals surface area contributed by atoms with Crippen molar-refractivity contribution in [2.75, 3.05) is 7.11 Å². The van der Waals surface area contributed by atoms with Crippen molar-refractivity contribution >= 4 is 14.1 Å². The lowest BCUT2D eigenvalue weighted by Crippen LogP contribution is -2.56. The molecular weight excluding hydrogens is 424 g/mol. The third-order valence-corrected chi connectivity index (χ3v) is 17.2. The molecule has 33 heavy (non-hydrogen) atoms. The number of Topliss-reactive ketones (excluding diaryl/α,β-unsaturated/α-hetero) is 1. The van der Waals surface area contributed by atoms with Crippen LogP contribution in [-0.4, -0.2) is 32.9 Å². The molecular formula is C29H50O3Si. The van der Waals surface area contributed by atoms with Gasteiger partial charge in [-0.2, -0.15) is 0 Å². The van der Waals surface area contributed by atoms with Crippen LogP contribution in [0.25, 0.3) is 0 Å². The zero-order valence-electron chi connectivity index (χ0n) is 23.2. The fourth-order valence-electron chi connectivity index (χ4n) is 9.71. The van der Waals surface area contributed by atoms with Crippen molar-refractivity contribution in [3.63, 3.8) is 0 Å². The van der Waals surface area contributed by atoms with Crippen molar-refractivity contribution in [2.45, 2.75) is 123 Å². The minimum absolute atomic E-state index is 0.0947. The molecule has 4 aliphatic carbocycles. The molecule has 4 heteroatoms. The molecule has 0 amide bonds. The fraction of sp³-hybridized carbons (Fsp3) is 0.897. The lowest BCUT2D eigenvalue weighted by Gasteiger charge is -2.49. The van der Waals surface area contributed by atoms with Gasteiger partial charge in [0.2, 0.25) is 8.32 Å². The highest BCUT2D eigenvalue weighted by molar-refractivity contribution is 6.77. The van der Waals surface area contributed by atoms with Gasteiger partial charge in [-0.05, 0) is 66.0 Å². The quantitative estimate of drug-likeness (QED) is 0.294. The molecule has 0 aliphatic heterocycles. The number of carbonyl (C=O) groups excluding carboxylic acids is 1. The standard InChI is InChI=1S/C29H50O3Si/c1-17(2)33(18(3)4,19(5)6)32-22-13-23-25-24(27(25,9)10)12-21(8)29(26(23)30)15-20(7)14-28(29,16-22)31-11/h15,17-19,21-25H,12-14,16H2,1-11H3/t21-,22+,23+,24-,25+,28-,29+/m1/s1. The number of carbonyl (C=O) groups is 1. The Bertz CT molecular complexity index is 805. The summed E-state index contributed by atoms with van der Waals surface area (Å²) in [6, 6.07) is 0. The first-order valence-corrected chi connectivity index (χ1v) is 15.8. The second-order valence-corrected chi connectivity index (χ2v) is 19.2. The van der Waals surface area contributed by atoms with Crippen LogP contribution in [-0.2, 0) is 14.0 Å². The molecule has 188 valence electrons. The van der Waals surface area contributed by atoms with Gasteiger partial charge in [0.25, 0.3) is 0 Å². The molecule has 0 heterocycles. The van der Waals surface area contributed by atoms with Gasteiger partial charge < -0.3 is 9.16 Å². The Hall–Kier alpha value is -0.453. The van der Waals surface area contributed by atoms with Crippen LogP contribution in [0.2, 0.25) is 16.6 Å². The Morgan fingerprint density at radius 2 is 1.61 bits per heavy atom. The number of methoxy groups -OCH3 is 1. The molecule has 3 saturated carbocycles. The molecule has 0 aromatic heterocycles. The van der Waals surface area contributed by atoms with Gasteiger partial charge in [-0.15, -0.1) is 0 Å². The maximum atomic E-state index is 14.6. The summed E-state index contributed by atoms with van der Waals surface area (Å²) in [6.45, 7) is 23.6. The number of hydrogen-bond donors (Lipinski definition) is 0. The molecule has 0 aromatic rings. The fourth-order valence-corrected chi connectivity index (χ4v) is 15.3. The van der Waals surface area contributed by atoms with Crippen LogP contribution in [0.15, 0.2) is 11.6 Å². The van der Waals surface area contributed by atoms with E-state index in [1.54, 1.807) is 0 Å². The Morgan fingerprint density at radius 1 is 1.03 bits per heavy atom. The second kappa shape index (κ2) is 8.03. The van der Waals surface area contributed by atoms with Crippen LogP contribution < -0.4 is 0 Å². The monoisotopic (exact) mass is 474 g/mol.